The van der Waals surface area contributed by atoms with E-state index in [1.165, 1.54) is 89.9 Å². The highest BCUT2D eigenvalue weighted by Crippen LogP contribution is 2.36. The van der Waals surface area contributed by atoms with E-state index in [0.717, 1.165) is 64.2 Å². The smallest absolute Gasteiger partial charge is 0.462 e. The molecule has 2 N–H and O–H groups in total. The zero-order chi connectivity index (χ0) is 35.4. The Kier molecular flexibility index (Phi) is 34.3. The van der Waals surface area contributed by atoms with Crippen molar-refractivity contribution in [1.29, 1.82) is 0 Å². The molecule has 0 fully saturated rings. The maximum absolute atomic E-state index is 12.4. The Morgan fingerprint density at radius 1 is 0.521 bits per heavy atom. The summed E-state index contributed by atoms with van der Waals surface area (Å²) in [4.78, 5) is 42.7. The van der Waals surface area contributed by atoms with Crippen LogP contribution in [0.25, 0.3) is 0 Å². The van der Waals surface area contributed by atoms with Gasteiger partial charge in [0.15, 0.2) is 6.10 Å². The van der Waals surface area contributed by atoms with Crippen molar-refractivity contribution in [3.8, 4) is 0 Å². The normalized spacial score (nSPS) is 12.7. The first-order valence-corrected chi connectivity index (χ1v) is 21.2. The Morgan fingerprint density at radius 3 is 1.27 bits per heavy atom. The molecular formula is C39H73O8P. The van der Waals surface area contributed by atoms with Gasteiger partial charge < -0.3 is 19.3 Å². The lowest BCUT2D eigenvalue weighted by molar-refractivity contribution is -0.161. The molecule has 8 nitrogen and oxygen atoms in total. The molecule has 0 bridgehead atoms. The number of carbonyl (C=O) groups excluding carboxylic acids is 2. The summed E-state index contributed by atoms with van der Waals surface area (Å²) in [6.45, 7) is 3.66. The molecular weight excluding hydrogens is 627 g/mol. The van der Waals surface area contributed by atoms with Crippen molar-refractivity contribution in [2.24, 2.45) is 0 Å². The summed E-state index contributed by atoms with van der Waals surface area (Å²) in [5.74, 6) is -0.901. The van der Waals surface area contributed by atoms with Crippen LogP contribution in [-0.4, -0.2) is 41.0 Å². The molecule has 0 rings (SSSR count). The van der Waals surface area contributed by atoms with Crippen LogP contribution in [0.5, 0.6) is 0 Å². The summed E-state index contributed by atoms with van der Waals surface area (Å²) in [5.41, 5.74) is 0. The quantitative estimate of drug-likeness (QED) is 0.0287. The zero-order valence-corrected chi connectivity index (χ0v) is 31.8. The molecule has 0 heterocycles. The van der Waals surface area contributed by atoms with E-state index >= 15 is 0 Å². The molecule has 0 spiro atoms. The summed E-state index contributed by atoms with van der Waals surface area (Å²) in [6, 6.07) is 0. The number of esters is 2. The predicted octanol–water partition coefficient (Wildman–Crippen LogP) is 11.6. The number of unbranched alkanes of at least 4 members (excludes halogenated alkanes) is 22. The van der Waals surface area contributed by atoms with E-state index in [1.54, 1.807) is 0 Å². The molecule has 282 valence electrons. The lowest BCUT2D eigenvalue weighted by Crippen LogP contribution is -2.29. The second kappa shape index (κ2) is 35.4. The van der Waals surface area contributed by atoms with Crippen LogP contribution in [0.1, 0.15) is 194 Å². The largest absolute Gasteiger partial charge is 0.469 e. The molecule has 9 heteroatoms. The summed E-state index contributed by atoms with van der Waals surface area (Å²) < 4.78 is 26.3. The average Bonchev–Trinajstić information content (AvgIpc) is 3.05. The van der Waals surface area contributed by atoms with Gasteiger partial charge in [-0.25, -0.2) is 4.57 Å². The second-order valence-electron chi connectivity index (χ2n) is 13.2. The Morgan fingerprint density at radius 2 is 0.875 bits per heavy atom. The van der Waals surface area contributed by atoms with E-state index in [9.17, 15) is 14.2 Å². The van der Waals surface area contributed by atoms with Crippen LogP contribution in [0.4, 0.5) is 0 Å². The number of phosphoric acid groups is 1. The number of hydrogen-bond acceptors (Lipinski definition) is 6. The van der Waals surface area contributed by atoms with E-state index in [2.05, 4.69) is 42.7 Å². The molecule has 1 atom stereocenters. The van der Waals surface area contributed by atoms with Gasteiger partial charge in [-0.05, 0) is 64.2 Å². The van der Waals surface area contributed by atoms with Crippen molar-refractivity contribution in [3.05, 3.63) is 24.3 Å². The van der Waals surface area contributed by atoms with E-state index in [1.807, 2.05) is 0 Å². The molecule has 48 heavy (non-hydrogen) atoms. The first kappa shape index (κ1) is 46.5. The van der Waals surface area contributed by atoms with Gasteiger partial charge in [-0.15, -0.1) is 0 Å². The van der Waals surface area contributed by atoms with Gasteiger partial charge in [0.1, 0.15) is 6.61 Å². The van der Waals surface area contributed by atoms with Crippen molar-refractivity contribution in [1.82, 2.24) is 0 Å². The van der Waals surface area contributed by atoms with E-state index in [0.29, 0.717) is 12.8 Å². The summed E-state index contributed by atoms with van der Waals surface area (Å²) in [7, 11) is -4.75. The Hall–Kier alpha value is -1.47. The molecule has 0 saturated heterocycles. The fourth-order valence-electron chi connectivity index (χ4n) is 5.48. The van der Waals surface area contributed by atoms with E-state index in [-0.39, 0.29) is 19.4 Å². The topological polar surface area (TPSA) is 119 Å². The molecule has 1 unspecified atom stereocenters. The van der Waals surface area contributed by atoms with E-state index in [4.69, 9.17) is 19.3 Å². The molecule has 0 amide bonds. The van der Waals surface area contributed by atoms with Gasteiger partial charge >= 0.3 is 19.8 Å². The SMILES string of the molecule is CCCCCCCC/C=C\CCCCCCCC(=O)OCC(COP(=O)(O)O)OC(=O)CCCCCCC/C=C\CCCCCCCC. The fraction of sp³-hybridized carbons (Fsp3) is 0.846. The van der Waals surface area contributed by atoms with Gasteiger partial charge in [0.2, 0.25) is 0 Å². The van der Waals surface area contributed by atoms with Gasteiger partial charge in [0, 0.05) is 12.8 Å². The Bertz CT molecular complexity index is 838. The summed E-state index contributed by atoms with van der Waals surface area (Å²) >= 11 is 0. The molecule has 0 aromatic carbocycles. The third kappa shape index (κ3) is 37.4. The Labute approximate surface area is 294 Å². The van der Waals surface area contributed by atoms with Crippen molar-refractivity contribution >= 4 is 19.8 Å². The lowest BCUT2D eigenvalue weighted by Gasteiger charge is -2.18. The molecule has 0 aromatic rings. The highest BCUT2D eigenvalue weighted by molar-refractivity contribution is 7.46. The van der Waals surface area contributed by atoms with Crippen LogP contribution >= 0.6 is 7.82 Å². The lowest BCUT2D eigenvalue weighted by atomic mass is 10.1. The minimum atomic E-state index is -4.75. The highest BCUT2D eigenvalue weighted by Gasteiger charge is 2.22. The summed E-state index contributed by atoms with van der Waals surface area (Å²) in [6.07, 6.45) is 38.9. The third-order valence-corrected chi connectivity index (χ3v) is 8.93. The number of hydrogen-bond donors (Lipinski definition) is 2. The number of allylic oxidation sites excluding steroid dienone is 4. The van der Waals surface area contributed by atoms with Gasteiger partial charge in [-0.1, -0.05) is 141 Å². The van der Waals surface area contributed by atoms with Crippen LogP contribution in [0.3, 0.4) is 0 Å². The van der Waals surface area contributed by atoms with Gasteiger partial charge in [-0.2, -0.15) is 0 Å². The van der Waals surface area contributed by atoms with Gasteiger partial charge in [-0.3, -0.25) is 14.1 Å². The molecule has 0 aliphatic rings. The van der Waals surface area contributed by atoms with Gasteiger partial charge in [0.05, 0.1) is 6.61 Å². The zero-order valence-electron chi connectivity index (χ0n) is 30.9. The van der Waals surface area contributed by atoms with Crippen LogP contribution in [0.2, 0.25) is 0 Å². The fourth-order valence-corrected chi connectivity index (χ4v) is 5.84. The van der Waals surface area contributed by atoms with Crippen molar-refractivity contribution in [3.63, 3.8) is 0 Å². The number of rotatable bonds is 36. The number of ether oxygens (including phenoxy) is 2. The molecule has 0 radical (unpaired) electrons. The van der Waals surface area contributed by atoms with Crippen molar-refractivity contribution in [2.45, 2.75) is 200 Å². The van der Waals surface area contributed by atoms with Crippen LogP contribution in [-0.2, 0) is 28.2 Å². The van der Waals surface area contributed by atoms with Crippen molar-refractivity contribution in [2.75, 3.05) is 13.2 Å². The number of phosphoric ester groups is 1. The maximum atomic E-state index is 12.4. The van der Waals surface area contributed by atoms with Crippen LogP contribution < -0.4 is 0 Å². The average molecular weight is 701 g/mol. The first-order valence-electron chi connectivity index (χ1n) is 19.6. The molecule has 0 aromatic heterocycles. The Balaban J connectivity index is 3.97. The maximum Gasteiger partial charge on any atom is 0.469 e. The monoisotopic (exact) mass is 701 g/mol. The van der Waals surface area contributed by atoms with E-state index < -0.39 is 32.5 Å². The highest BCUT2D eigenvalue weighted by atomic mass is 31.2. The molecule has 0 aliphatic carbocycles. The molecule has 0 saturated carbocycles. The second-order valence-corrected chi connectivity index (χ2v) is 14.5. The summed E-state index contributed by atoms with van der Waals surface area (Å²) in [5, 5.41) is 0. The third-order valence-electron chi connectivity index (χ3n) is 8.44. The predicted molar refractivity (Wildman–Crippen MR) is 198 cm³/mol. The minimum Gasteiger partial charge on any atom is -0.462 e. The van der Waals surface area contributed by atoms with Crippen LogP contribution in [0, 0.1) is 0 Å². The minimum absolute atomic E-state index is 0.202. The molecule has 0 aliphatic heterocycles. The van der Waals surface area contributed by atoms with Crippen LogP contribution in [0.15, 0.2) is 24.3 Å². The first-order chi connectivity index (χ1) is 23.3. The van der Waals surface area contributed by atoms with Crippen molar-refractivity contribution < 1.29 is 37.9 Å². The van der Waals surface area contributed by atoms with Gasteiger partial charge in [0.25, 0.3) is 0 Å². The number of carbonyl (C=O) groups is 2. The standard InChI is InChI=1S/C39H73O8P/c1-3-5-7-9-11-13-15-17-19-21-23-25-27-29-31-33-38(40)45-35-37(36-46-48(42,43)44)47-39(41)34-32-30-28-26-24-22-20-18-16-14-12-10-8-6-4-2/h17-20,37H,3-16,21-36H2,1-2H3,(H2,42,43,44)/b19-17-,20-18-.